The molecule has 110 valence electrons. The molecule has 20 heavy (non-hydrogen) atoms. The average molecular weight is 280 g/mol. The molecule has 0 bridgehead atoms. The van der Waals surface area contributed by atoms with E-state index in [0.717, 1.165) is 6.54 Å². The van der Waals surface area contributed by atoms with E-state index in [1.54, 1.807) is 17.9 Å². The minimum atomic E-state index is -0.181. The van der Waals surface area contributed by atoms with E-state index in [-0.39, 0.29) is 17.7 Å². The summed E-state index contributed by atoms with van der Waals surface area (Å²) in [6, 6.07) is 1.60. The van der Waals surface area contributed by atoms with Crippen molar-refractivity contribution in [1.82, 2.24) is 20.3 Å². The van der Waals surface area contributed by atoms with Gasteiger partial charge in [0.15, 0.2) is 5.69 Å². The van der Waals surface area contributed by atoms with Crippen molar-refractivity contribution in [2.24, 2.45) is 5.92 Å². The van der Waals surface area contributed by atoms with Crippen LogP contribution in [0, 0.1) is 12.8 Å². The zero-order valence-corrected chi connectivity index (χ0v) is 12.0. The molecule has 7 heteroatoms. The number of likely N-dealkylation sites (N-methyl/N-ethyl adjacent to an activating group) is 1. The van der Waals surface area contributed by atoms with Crippen LogP contribution < -0.4 is 5.32 Å². The van der Waals surface area contributed by atoms with E-state index >= 15 is 0 Å². The van der Waals surface area contributed by atoms with Gasteiger partial charge < -0.3 is 19.6 Å². The molecule has 1 aliphatic rings. The van der Waals surface area contributed by atoms with E-state index in [1.807, 2.05) is 19.0 Å². The van der Waals surface area contributed by atoms with Gasteiger partial charge in [0.05, 0.1) is 5.92 Å². The monoisotopic (exact) mass is 280 g/mol. The molecule has 2 rings (SSSR count). The quantitative estimate of drug-likeness (QED) is 0.803. The molecule has 0 atom stereocenters. The standard InChI is InChI=1S/C13H20N4O3/c1-9-6-11(15-20-9)13(19)17-7-10(8-17)12(18)14-4-5-16(2)3/h6,10H,4-5,7-8H2,1-3H3,(H,14,18). The van der Waals surface area contributed by atoms with E-state index in [2.05, 4.69) is 10.5 Å². The Balaban J connectivity index is 1.74. The number of aryl methyl sites for hydroxylation is 1. The lowest BCUT2D eigenvalue weighted by molar-refractivity contribution is -0.129. The van der Waals surface area contributed by atoms with Crippen LogP contribution in [0.1, 0.15) is 16.2 Å². The molecule has 1 aromatic rings. The van der Waals surface area contributed by atoms with Crippen LogP contribution in [0.15, 0.2) is 10.6 Å². The van der Waals surface area contributed by atoms with Gasteiger partial charge >= 0.3 is 0 Å². The number of amides is 2. The first-order chi connectivity index (χ1) is 9.47. The number of nitrogens with one attached hydrogen (secondary N) is 1. The minimum absolute atomic E-state index is 0.00670. The van der Waals surface area contributed by atoms with Crippen LogP contribution in [0.5, 0.6) is 0 Å². The molecule has 0 aromatic carbocycles. The van der Waals surface area contributed by atoms with Gasteiger partial charge in [0.25, 0.3) is 5.91 Å². The summed E-state index contributed by atoms with van der Waals surface area (Å²) in [5.41, 5.74) is 0.300. The number of aromatic nitrogens is 1. The number of hydrogen-bond acceptors (Lipinski definition) is 5. The average Bonchev–Trinajstić information content (AvgIpc) is 2.73. The fourth-order valence-electron chi connectivity index (χ4n) is 1.99. The molecule has 2 heterocycles. The summed E-state index contributed by atoms with van der Waals surface area (Å²) in [7, 11) is 3.91. The van der Waals surface area contributed by atoms with Crippen LogP contribution in [0.3, 0.4) is 0 Å². The maximum Gasteiger partial charge on any atom is 0.276 e. The zero-order chi connectivity index (χ0) is 14.7. The van der Waals surface area contributed by atoms with Crippen molar-refractivity contribution in [3.8, 4) is 0 Å². The molecule has 7 nitrogen and oxygen atoms in total. The highest BCUT2D eigenvalue weighted by Crippen LogP contribution is 2.18. The molecule has 0 unspecified atom stereocenters. The van der Waals surface area contributed by atoms with Crippen LogP contribution in [0.2, 0.25) is 0 Å². The van der Waals surface area contributed by atoms with Gasteiger partial charge in [0.1, 0.15) is 5.76 Å². The van der Waals surface area contributed by atoms with Crippen molar-refractivity contribution < 1.29 is 14.1 Å². The number of hydrogen-bond donors (Lipinski definition) is 1. The molecule has 1 N–H and O–H groups in total. The Hall–Kier alpha value is -1.89. The topological polar surface area (TPSA) is 78.7 Å². The Morgan fingerprint density at radius 2 is 2.20 bits per heavy atom. The van der Waals surface area contributed by atoms with Crippen LogP contribution in [0.4, 0.5) is 0 Å². The van der Waals surface area contributed by atoms with Crippen molar-refractivity contribution in [3.05, 3.63) is 17.5 Å². The van der Waals surface area contributed by atoms with E-state index in [1.165, 1.54) is 0 Å². The summed E-state index contributed by atoms with van der Waals surface area (Å²) in [5.74, 6) is 0.312. The maximum absolute atomic E-state index is 12.0. The molecule has 0 radical (unpaired) electrons. The van der Waals surface area contributed by atoms with E-state index < -0.39 is 0 Å². The van der Waals surface area contributed by atoms with E-state index in [4.69, 9.17) is 4.52 Å². The molecule has 1 saturated heterocycles. The Labute approximate surface area is 117 Å². The molecule has 1 aromatic heterocycles. The number of rotatable bonds is 5. The summed E-state index contributed by atoms with van der Waals surface area (Å²) in [6.07, 6.45) is 0. The first-order valence-corrected chi connectivity index (χ1v) is 6.62. The number of nitrogens with zero attached hydrogens (tertiary/aromatic N) is 3. The molecule has 0 spiro atoms. The summed E-state index contributed by atoms with van der Waals surface area (Å²) in [6.45, 7) is 4.05. The fourth-order valence-corrected chi connectivity index (χ4v) is 1.99. The predicted molar refractivity (Wildman–Crippen MR) is 72.2 cm³/mol. The predicted octanol–water partition coefficient (Wildman–Crippen LogP) is -0.267. The third-order valence-corrected chi connectivity index (χ3v) is 3.24. The summed E-state index contributed by atoms with van der Waals surface area (Å²) >= 11 is 0. The highest BCUT2D eigenvalue weighted by Gasteiger charge is 2.36. The Morgan fingerprint density at radius 1 is 1.50 bits per heavy atom. The lowest BCUT2D eigenvalue weighted by atomic mass is 9.98. The van der Waals surface area contributed by atoms with Gasteiger partial charge in [-0.2, -0.15) is 0 Å². The van der Waals surface area contributed by atoms with Gasteiger partial charge in [0.2, 0.25) is 5.91 Å². The van der Waals surface area contributed by atoms with Gasteiger partial charge in [-0.05, 0) is 21.0 Å². The number of carbonyl (C=O) groups excluding carboxylic acids is 2. The molecule has 0 saturated carbocycles. The van der Waals surface area contributed by atoms with E-state index in [9.17, 15) is 9.59 Å². The summed E-state index contributed by atoms with van der Waals surface area (Å²) in [5, 5.41) is 6.55. The number of likely N-dealkylation sites (tertiary alicyclic amines) is 1. The van der Waals surface area contributed by atoms with Crippen molar-refractivity contribution in [1.29, 1.82) is 0 Å². The van der Waals surface area contributed by atoms with Crippen LogP contribution in [-0.4, -0.2) is 67.0 Å². The molecular formula is C13H20N4O3. The lowest BCUT2D eigenvalue weighted by Gasteiger charge is -2.37. The molecule has 2 amide bonds. The van der Waals surface area contributed by atoms with Gasteiger partial charge in [0, 0.05) is 32.2 Å². The van der Waals surface area contributed by atoms with E-state index in [0.29, 0.717) is 31.1 Å². The molecular weight excluding hydrogens is 260 g/mol. The molecule has 1 aliphatic heterocycles. The van der Waals surface area contributed by atoms with Crippen LogP contribution in [0.25, 0.3) is 0 Å². The van der Waals surface area contributed by atoms with Gasteiger partial charge in [-0.15, -0.1) is 0 Å². The fraction of sp³-hybridized carbons (Fsp3) is 0.615. The lowest BCUT2D eigenvalue weighted by Crippen LogP contribution is -2.56. The number of carbonyl (C=O) groups is 2. The third-order valence-electron chi connectivity index (χ3n) is 3.24. The second-order valence-corrected chi connectivity index (χ2v) is 5.32. The summed E-state index contributed by atoms with van der Waals surface area (Å²) < 4.78 is 4.87. The van der Waals surface area contributed by atoms with Crippen LogP contribution in [-0.2, 0) is 4.79 Å². The minimum Gasteiger partial charge on any atom is -0.361 e. The van der Waals surface area contributed by atoms with Gasteiger partial charge in [-0.25, -0.2) is 0 Å². The smallest absolute Gasteiger partial charge is 0.276 e. The SMILES string of the molecule is Cc1cc(C(=O)N2CC(C(=O)NCCN(C)C)C2)no1. The molecule has 1 fully saturated rings. The van der Waals surface area contributed by atoms with Crippen molar-refractivity contribution in [2.75, 3.05) is 40.3 Å². The first-order valence-electron chi connectivity index (χ1n) is 6.62. The highest BCUT2D eigenvalue weighted by atomic mass is 16.5. The van der Waals surface area contributed by atoms with Gasteiger partial charge in [-0.1, -0.05) is 5.16 Å². The zero-order valence-electron chi connectivity index (χ0n) is 12.0. The summed E-state index contributed by atoms with van der Waals surface area (Å²) in [4.78, 5) is 27.4. The van der Waals surface area contributed by atoms with Gasteiger partial charge in [-0.3, -0.25) is 9.59 Å². The first kappa shape index (κ1) is 14.5. The maximum atomic E-state index is 12.0. The van der Waals surface area contributed by atoms with Crippen molar-refractivity contribution >= 4 is 11.8 Å². The van der Waals surface area contributed by atoms with Crippen LogP contribution >= 0.6 is 0 Å². The van der Waals surface area contributed by atoms with Crippen molar-refractivity contribution in [3.63, 3.8) is 0 Å². The third kappa shape index (κ3) is 3.36. The largest absolute Gasteiger partial charge is 0.361 e. The molecule has 0 aliphatic carbocycles. The Kier molecular flexibility index (Phi) is 4.39. The Morgan fingerprint density at radius 3 is 2.75 bits per heavy atom. The second-order valence-electron chi connectivity index (χ2n) is 5.32. The normalized spacial score (nSPS) is 15.3. The second kappa shape index (κ2) is 6.04. The Bertz CT molecular complexity index is 492. The highest BCUT2D eigenvalue weighted by molar-refractivity contribution is 5.94. The van der Waals surface area contributed by atoms with Crippen molar-refractivity contribution in [2.45, 2.75) is 6.92 Å².